The van der Waals surface area contributed by atoms with Gasteiger partial charge in [-0.3, -0.25) is 0 Å². The van der Waals surface area contributed by atoms with Crippen molar-refractivity contribution in [1.29, 1.82) is 0 Å². The molecular formula is C50H44N6O2. The molecule has 0 saturated carbocycles. The van der Waals surface area contributed by atoms with Crippen molar-refractivity contribution < 1.29 is 9.47 Å². The second-order valence-electron chi connectivity index (χ2n) is 14.7. The van der Waals surface area contributed by atoms with Crippen molar-refractivity contribution in [3.63, 3.8) is 0 Å². The summed E-state index contributed by atoms with van der Waals surface area (Å²) in [5.74, 6) is 1.60. The third-order valence-electron chi connectivity index (χ3n) is 11.0. The van der Waals surface area contributed by atoms with Gasteiger partial charge < -0.3 is 29.2 Å². The van der Waals surface area contributed by atoms with Gasteiger partial charge in [-0.15, -0.1) is 0 Å². The molecule has 7 aromatic rings. The normalized spacial score (nSPS) is 11.8. The van der Waals surface area contributed by atoms with Gasteiger partial charge in [0.1, 0.15) is 11.5 Å². The van der Waals surface area contributed by atoms with E-state index in [4.69, 9.17) is 19.4 Å². The lowest BCUT2D eigenvalue weighted by Crippen LogP contribution is -2.11. The average Bonchev–Trinajstić information content (AvgIpc) is 4.10. The number of aromatic amines is 2. The van der Waals surface area contributed by atoms with Crippen molar-refractivity contribution >= 4 is 69.1 Å². The molecule has 8 heteroatoms. The molecule has 0 radical (unpaired) electrons. The monoisotopic (exact) mass is 760 g/mol. The van der Waals surface area contributed by atoms with E-state index >= 15 is 0 Å². The molecule has 0 aliphatic carbocycles. The number of hydrogen-bond acceptors (Lipinski definition) is 6. The van der Waals surface area contributed by atoms with Gasteiger partial charge in [-0.1, -0.05) is 59.7 Å². The molecule has 0 fully saturated rings. The van der Waals surface area contributed by atoms with Crippen LogP contribution in [0.25, 0.3) is 68.6 Å². The molecule has 4 aromatic carbocycles. The van der Waals surface area contributed by atoms with E-state index in [9.17, 15) is 0 Å². The van der Waals surface area contributed by atoms with Gasteiger partial charge in [0.15, 0.2) is 0 Å². The predicted octanol–water partition coefficient (Wildman–Crippen LogP) is 12.2. The molecule has 5 heterocycles. The fourth-order valence-corrected chi connectivity index (χ4v) is 7.80. The molecule has 0 unspecified atom stereocenters. The summed E-state index contributed by atoms with van der Waals surface area (Å²) in [4.78, 5) is 22.9. The van der Waals surface area contributed by atoms with Crippen LogP contribution in [0.2, 0.25) is 0 Å². The molecule has 0 amide bonds. The third-order valence-corrected chi connectivity index (χ3v) is 11.0. The maximum absolute atomic E-state index is 5.50. The van der Waals surface area contributed by atoms with Gasteiger partial charge in [0, 0.05) is 47.6 Å². The predicted molar refractivity (Wildman–Crippen MR) is 241 cm³/mol. The van der Waals surface area contributed by atoms with Gasteiger partial charge in [-0.25, -0.2) is 9.97 Å². The molecule has 0 saturated heterocycles. The zero-order valence-corrected chi connectivity index (χ0v) is 33.5. The van der Waals surface area contributed by atoms with Gasteiger partial charge >= 0.3 is 0 Å². The van der Waals surface area contributed by atoms with Crippen LogP contribution in [0.15, 0.2) is 121 Å². The van der Waals surface area contributed by atoms with Gasteiger partial charge in [-0.2, -0.15) is 0 Å². The first-order valence-electron chi connectivity index (χ1n) is 19.3. The Bertz CT molecular complexity index is 2680. The number of anilines is 4. The van der Waals surface area contributed by atoms with Crippen LogP contribution in [0, 0.1) is 13.8 Å². The topological polar surface area (TPSA) is 82.3 Å². The highest BCUT2D eigenvalue weighted by Gasteiger charge is 2.21. The number of aryl methyl sites for hydroxylation is 2. The fraction of sp³-hybridized carbons (Fsp3) is 0.120. The van der Waals surface area contributed by atoms with Crippen molar-refractivity contribution in [2.45, 2.75) is 13.8 Å². The Hall–Kier alpha value is -7.32. The Morgan fingerprint density at radius 2 is 0.759 bits per heavy atom. The standard InChI is InChI=1S/C50H44N6O2/c1-31-7-11-33(12-8-31)47-39-23-27-43(51-39)49(55(3)35-15-19-37(57-5)20-16-35)45-29-25-41(53-45)48(34-13-9-32(2)10-14-34)42-26-30-46(54-42)50(44-28-24-40(47)52-44)56(4)36-17-21-38(58-6)22-18-36/h7-30,51,54H,1-6H3. The number of rotatable bonds is 8. The van der Waals surface area contributed by atoms with Gasteiger partial charge in [0.25, 0.3) is 0 Å². The SMILES string of the molecule is COc1ccc(N(C)c2c3nc(c(-c4ccc(C)cc4)c4ccc([nH]4)c(N(C)c4ccc(OC)cc4)c4nc(c(-c5ccc(C)cc5)c5ccc2[nH]5)C=C4)C=C3)cc1. The minimum Gasteiger partial charge on any atom is -0.497 e. The average molecular weight is 761 g/mol. The molecule has 2 aliphatic rings. The summed E-state index contributed by atoms with van der Waals surface area (Å²) in [6, 6.07) is 42.1. The minimum atomic E-state index is 0.799. The van der Waals surface area contributed by atoms with Crippen LogP contribution in [0.4, 0.5) is 22.7 Å². The number of H-pyrrole nitrogens is 2. The van der Waals surface area contributed by atoms with E-state index in [2.05, 4.69) is 169 Å². The molecule has 2 N–H and O–H groups in total. The number of hydrogen-bond donors (Lipinski definition) is 2. The van der Waals surface area contributed by atoms with Crippen molar-refractivity contribution in [3.05, 3.63) is 155 Å². The van der Waals surface area contributed by atoms with Crippen molar-refractivity contribution in [2.24, 2.45) is 0 Å². The number of nitrogens with one attached hydrogen (secondary N) is 2. The molecule has 0 spiro atoms. The number of fused-ring (bicyclic) bond motifs is 8. The lowest BCUT2D eigenvalue weighted by atomic mass is 10.0. The van der Waals surface area contributed by atoms with E-state index in [1.807, 2.05) is 24.3 Å². The molecule has 8 bridgehead atoms. The second-order valence-corrected chi connectivity index (χ2v) is 14.7. The van der Waals surface area contributed by atoms with Crippen LogP contribution in [-0.2, 0) is 0 Å². The third kappa shape index (κ3) is 6.68. The number of methoxy groups -OCH3 is 2. The number of nitrogens with zero attached hydrogens (tertiary/aromatic N) is 4. The summed E-state index contributed by atoms with van der Waals surface area (Å²) in [6.45, 7) is 4.22. The summed E-state index contributed by atoms with van der Waals surface area (Å²) in [7, 11) is 7.54. The first-order chi connectivity index (χ1) is 28.3. The van der Waals surface area contributed by atoms with Crippen LogP contribution in [0.5, 0.6) is 11.5 Å². The van der Waals surface area contributed by atoms with Gasteiger partial charge in [0.05, 0.1) is 59.4 Å². The molecule has 286 valence electrons. The quantitative estimate of drug-likeness (QED) is 0.160. The highest BCUT2D eigenvalue weighted by atomic mass is 16.5. The van der Waals surface area contributed by atoms with E-state index in [1.165, 1.54) is 11.1 Å². The van der Waals surface area contributed by atoms with Crippen molar-refractivity contribution in [1.82, 2.24) is 19.9 Å². The Labute approximate surface area is 338 Å². The highest BCUT2D eigenvalue weighted by Crippen LogP contribution is 2.40. The maximum atomic E-state index is 5.50. The van der Waals surface area contributed by atoms with E-state index in [0.29, 0.717) is 0 Å². The number of ether oxygens (including phenoxy) is 2. The smallest absolute Gasteiger partial charge is 0.119 e. The van der Waals surface area contributed by atoms with E-state index in [0.717, 1.165) is 101 Å². The largest absolute Gasteiger partial charge is 0.497 e. The Morgan fingerprint density at radius 1 is 0.414 bits per heavy atom. The first-order valence-corrected chi connectivity index (χ1v) is 19.3. The van der Waals surface area contributed by atoms with Crippen LogP contribution in [-0.4, -0.2) is 48.3 Å². The minimum absolute atomic E-state index is 0.799. The summed E-state index contributed by atoms with van der Waals surface area (Å²) >= 11 is 0. The van der Waals surface area contributed by atoms with Gasteiger partial charge in [-0.05, 0) is 122 Å². The van der Waals surface area contributed by atoms with Crippen LogP contribution < -0.4 is 19.3 Å². The fourth-order valence-electron chi connectivity index (χ4n) is 7.80. The zero-order valence-electron chi connectivity index (χ0n) is 33.5. The Balaban J connectivity index is 1.41. The highest BCUT2D eigenvalue weighted by molar-refractivity contribution is 5.99. The molecule has 3 aromatic heterocycles. The number of aromatic nitrogens is 4. The maximum Gasteiger partial charge on any atom is 0.119 e. The van der Waals surface area contributed by atoms with Crippen LogP contribution in [0.3, 0.4) is 0 Å². The van der Waals surface area contributed by atoms with Crippen molar-refractivity contribution in [2.75, 3.05) is 38.1 Å². The summed E-state index contributed by atoms with van der Waals surface area (Å²) in [5, 5.41) is 0. The zero-order chi connectivity index (χ0) is 39.9. The number of benzene rings is 4. The van der Waals surface area contributed by atoms with E-state index < -0.39 is 0 Å². The van der Waals surface area contributed by atoms with Crippen molar-refractivity contribution in [3.8, 4) is 33.8 Å². The van der Waals surface area contributed by atoms with E-state index in [-0.39, 0.29) is 0 Å². The molecular weight excluding hydrogens is 717 g/mol. The van der Waals surface area contributed by atoms with Crippen LogP contribution in [0.1, 0.15) is 33.9 Å². The Morgan fingerprint density at radius 3 is 1.12 bits per heavy atom. The molecule has 2 aliphatic heterocycles. The summed E-state index contributed by atoms with van der Waals surface area (Å²) in [5.41, 5.74) is 17.5. The summed E-state index contributed by atoms with van der Waals surface area (Å²) < 4.78 is 11.0. The molecule has 8 nitrogen and oxygen atoms in total. The second kappa shape index (κ2) is 15.0. The van der Waals surface area contributed by atoms with E-state index in [1.54, 1.807) is 14.2 Å². The molecule has 9 rings (SSSR count). The lowest BCUT2D eigenvalue weighted by Gasteiger charge is -2.21. The van der Waals surface area contributed by atoms with Gasteiger partial charge in [0.2, 0.25) is 0 Å². The Kier molecular flexibility index (Phi) is 9.38. The first kappa shape index (κ1) is 36.3. The summed E-state index contributed by atoms with van der Waals surface area (Å²) in [6.07, 6.45) is 8.48. The lowest BCUT2D eigenvalue weighted by molar-refractivity contribution is 0.414. The molecule has 58 heavy (non-hydrogen) atoms. The van der Waals surface area contributed by atoms with Crippen LogP contribution >= 0.6 is 0 Å². The molecule has 0 atom stereocenters.